The third kappa shape index (κ3) is 1.42. The maximum Gasteiger partial charge on any atom is 0.285 e. The quantitative estimate of drug-likeness (QED) is 0.360. The van der Waals surface area contributed by atoms with E-state index in [2.05, 4.69) is 0 Å². The van der Waals surface area contributed by atoms with E-state index in [4.69, 9.17) is 5.21 Å². The molecule has 1 aliphatic rings. The molecule has 0 saturated carbocycles. The van der Waals surface area contributed by atoms with Gasteiger partial charge in [-0.3, -0.25) is 14.8 Å². The predicted octanol–water partition coefficient (Wildman–Crippen LogP) is 0.291. The summed E-state index contributed by atoms with van der Waals surface area (Å²) in [6.45, 7) is 0. The number of amides is 2. The third-order valence-corrected chi connectivity index (χ3v) is 1.77. The fourth-order valence-electron chi connectivity index (χ4n) is 1.18. The van der Waals surface area contributed by atoms with E-state index in [1.165, 1.54) is 12.1 Å². The first-order chi connectivity index (χ1) is 5.72. The van der Waals surface area contributed by atoms with Gasteiger partial charge in [0, 0.05) is 29.6 Å². The van der Waals surface area contributed by atoms with Gasteiger partial charge in [-0.2, -0.15) is 0 Å². The second-order valence-corrected chi connectivity index (χ2v) is 2.47. The van der Waals surface area contributed by atoms with Crippen LogP contribution in [0.1, 0.15) is 20.7 Å². The third-order valence-electron chi connectivity index (χ3n) is 1.77. The Bertz CT molecular complexity index is 342. The van der Waals surface area contributed by atoms with E-state index in [0.717, 1.165) is 0 Å². The van der Waals surface area contributed by atoms with Gasteiger partial charge in [0.05, 0.1) is 11.1 Å². The number of hydrogen-bond donors (Lipinski definition) is 1. The van der Waals surface area contributed by atoms with Crippen LogP contribution >= 0.6 is 0 Å². The van der Waals surface area contributed by atoms with Crippen molar-refractivity contribution in [1.29, 1.82) is 0 Å². The average molecular weight is 186 g/mol. The molecule has 1 aliphatic heterocycles. The van der Waals surface area contributed by atoms with Crippen molar-refractivity contribution in [3.63, 3.8) is 0 Å². The number of rotatable bonds is 0. The van der Waals surface area contributed by atoms with Crippen LogP contribution in [-0.4, -0.2) is 51.6 Å². The molecule has 61 valence electrons. The van der Waals surface area contributed by atoms with Gasteiger partial charge in [-0.15, -0.1) is 5.06 Å². The van der Waals surface area contributed by atoms with Crippen molar-refractivity contribution in [3.8, 4) is 0 Å². The molecule has 4 nitrogen and oxygen atoms in total. The van der Waals surface area contributed by atoms with Crippen molar-refractivity contribution in [1.82, 2.24) is 5.06 Å². The zero-order valence-electron chi connectivity index (χ0n) is 7.02. The van der Waals surface area contributed by atoms with Crippen LogP contribution in [-0.2, 0) is 0 Å². The average Bonchev–Trinajstić information content (AvgIpc) is 2.33. The first-order valence-electron chi connectivity index (χ1n) is 3.38. The fourth-order valence-corrected chi connectivity index (χ4v) is 1.18. The molecule has 0 spiro atoms. The van der Waals surface area contributed by atoms with Crippen LogP contribution in [0.3, 0.4) is 0 Å². The summed E-state index contributed by atoms with van der Waals surface area (Å²) in [5.74, 6) is -1.31. The second-order valence-electron chi connectivity index (χ2n) is 2.47. The zero-order valence-corrected chi connectivity index (χ0v) is 9.02. The molecule has 2 amide bonds. The number of hydroxylamine groups is 2. The Hall–Kier alpha value is -0.680. The molecule has 0 atom stereocenters. The molecule has 0 aromatic heterocycles. The van der Waals surface area contributed by atoms with Gasteiger partial charge in [0.2, 0.25) is 0 Å². The number of imide groups is 1. The molecule has 13 heavy (non-hydrogen) atoms. The Kier molecular flexibility index (Phi) is 2.87. The molecule has 2 rings (SSSR count). The Morgan fingerprint density at radius 1 is 1.00 bits per heavy atom. The standard InChI is InChI=1S/C8H5NO3.Na/c10-7-5-3-1-2-4-6(5)8(11)9(7)12;/h1-4,12H;. The van der Waals surface area contributed by atoms with Gasteiger partial charge in [-0.25, -0.2) is 0 Å². The van der Waals surface area contributed by atoms with E-state index in [1.54, 1.807) is 12.1 Å². The van der Waals surface area contributed by atoms with Crippen molar-refractivity contribution in [2.75, 3.05) is 0 Å². The number of benzene rings is 1. The van der Waals surface area contributed by atoms with Gasteiger partial charge in [0.15, 0.2) is 0 Å². The number of carbonyl (C=O) groups excluding carboxylic acids is 2. The van der Waals surface area contributed by atoms with Gasteiger partial charge in [0.1, 0.15) is 0 Å². The Morgan fingerprint density at radius 2 is 1.38 bits per heavy atom. The normalized spacial score (nSPS) is 14.1. The molecular weight excluding hydrogens is 181 g/mol. The van der Waals surface area contributed by atoms with Crippen molar-refractivity contribution < 1.29 is 14.8 Å². The smallest absolute Gasteiger partial charge is 0.278 e. The summed E-state index contributed by atoms with van der Waals surface area (Å²) in [5, 5.41) is 9.05. The number of nitrogens with zero attached hydrogens (tertiary/aromatic N) is 1. The molecule has 1 heterocycles. The van der Waals surface area contributed by atoms with E-state index in [-0.39, 0.29) is 45.7 Å². The van der Waals surface area contributed by atoms with Gasteiger partial charge in [0.25, 0.3) is 11.8 Å². The number of hydrogen-bond acceptors (Lipinski definition) is 3. The first kappa shape index (κ1) is 10.4. The van der Waals surface area contributed by atoms with E-state index in [0.29, 0.717) is 0 Å². The minimum absolute atomic E-state index is 0. The van der Waals surface area contributed by atoms with E-state index in [1.807, 2.05) is 0 Å². The minimum atomic E-state index is -0.657. The summed E-state index contributed by atoms with van der Waals surface area (Å²) < 4.78 is 0. The molecule has 0 aliphatic carbocycles. The SMILES string of the molecule is O=C1c2ccccc2C(=O)N1O.[Na]. The molecule has 1 aromatic carbocycles. The second kappa shape index (κ2) is 3.59. The molecule has 0 saturated heterocycles. The van der Waals surface area contributed by atoms with Crippen molar-refractivity contribution in [2.45, 2.75) is 0 Å². The number of fused-ring (bicyclic) bond motifs is 1. The molecule has 0 unspecified atom stereocenters. The largest absolute Gasteiger partial charge is 0.285 e. The summed E-state index contributed by atoms with van der Waals surface area (Å²) in [6.07, 6.45) is 0. The Labute approximate surface area is 96.4 Å². The predicted molar refractivity (Wildman–Crippen MR) is 44.5 cm³/mol. The fraction of sp³-hybridized carbons (Fsp3) is 0. The van der Waals surface area contributed by atoms with Crippen LogP contribution in [0.4, 0.5) is 0 Å². The summed E-state index contributed by atoms with van der Waals surface area (Å²) in [4.78, 5) is 22.1. The maximum absolute atomic E-state index is 11.1. The summed E-state index contributed by atoms with van der Waals surface area (Å²) >= 11 is 0. The topological polar surface area (TPSA) is 57.6 Å². The zero-order chi connectivity index (χ0) is 8.72. The van der Waals surface area contributed by atoms with Crippen molar-refractivity contribution in [2.24, 2.45) is 0 Å². The van der Waals surface area contributed by atoms with Crippen LogP contribution in [0.25, 0.3) is 0 Å². The van der Waals surface area contributed by atoms with E-state index < -0.39 is 11.8 Å². The molecule has 5 heteroatoms. The van der Waals surface area contributed by atoms with Crippen LogP contribution in [0, 0.1) is 0 Å². The summed E-state index contributed by atoms with van der Waals surface area (Å²) in [5.41, 5.74) is 0.509. The Balaban J connectivity index is 0.000000845. The van der Waals surface area contributed by atoms with Gasteiger partial charge in [-0.05, 0) is 12.1 Å². The first-order valence-corrected chi connectivity index (χ1v) is 3.38. The van der Waals surface area contributed by atoms with E-state index >= 15 is 0 Å². The maximum atomic E-state index is 11.1. The minimum Gasteiger partial charge on any atom is -0.278 e. The van der Waals surface area contributed by atoms with Crippen molar-refractivity contribution >= 4 is 41.4 Å². The molecule has 0 fully saturated rings. The summed E-state index contributed by atoms with van der Waals surface area (Å²) in [7, 11) is 0. The van der Waals surface area contributed by atoms with E-state index in [9.17, 15) is 9.59 Å². The summed E-state index contributed by atoms with van der Waals surface area (Å²) in [6, 6.07) is 6.30. The molecular formula is C8H5NNaO3. The van der Waals surface area contributed by atoms with Gasteiger partial charge in [-0.1, -0.05) is 12.1 Å². The van der Waals surface area contributed by atoms with Crippen LogP contribution < -0.4 is 0 Å². The van der Waals surface area contributed by atoms with Crippen LogP contribution in [0.2, 0.25) is 0 Å². The molecule has 1 radical (unpaired) electrons. The van der Waals surface area contributed by atoms with Gasteiger partial charge >= 0.3 is 0 Å². The van der Waals surface area contributed by atoms with Gasteiger partial charge < -0.3 is 0 Å². The molecule has 1 N–H and O–H groups in total. The van der Waals surface area contributed by atoms with Crippen LogP contribution in [0.15, 0.2) is 24.3 Å². The monoisotopic (exact) mass is 186 g/mol. The number of carbonyl (C=O) groups is 2. The molecule has 1 aromatic rings. The van der Waals surface area contributed by atoms with Crippen LogP contribution in [0.5, 0.6) is 0 Å². The van der Waals surface area contributed by atoms with Crippen molar-refractivity contribution in [3.05, 3.63) is 35.4 Å². The Morgan fingerprint density at radius 3 is 1.77 bits per heavy atom. The molecule has 0 bridgehead atoms.